The van der Waals surface area contributed by atoms with E-state index in [4.69, 9.17) is 4.74 Å². The topological polar surface area (TPSA) is 58.6 Å². The summed E-state index contributed by atoms with van der Waals surface area (Å²) in [6.45, 7) is 5.75. The molecule has 0 aromatic heterocycles. The number of hydrogen-bond acceptors (Lipinski definition) is 5. The largest absolute Gasteiger partial charge is 0.463 e. The molecule has 11 heteroatoms. The van der Waals surface area contributed by atoms with Crippen LogP contribution >= 0.6 is 11.8 Å². The number of fused-ring (bicyclic) bond motifs is 1. The van der Waals surface area contributed by atoms with Gasteiger partial charge in [-0.25, -0.2) is 26.7 Å². The van der Waals surface area contributed by atoms with Gasteiger partial charge < -0.3 is 15.0 Å². The van der Waals surface area contributed by atoms with Crippen LogP contribution in [0.15, 0.2) is 10.6 Å². The molecule has 2 unspecified atom stereocenters. The van der Waals surface area contributed by atoms with Gasteiger partial charge in [0.05, 0.1) is 17.2 Å². The van der Waals surface area contributed by atoms with Crippen molar-refractivity contribution in [2.75, 3.05) is 26.2 Å². The van der Waals surface area contributed by atoms with Crippen LogP contribution < -0.4 is 5.32 Å². The van der Waals surface area contributed by atoms with Gasteiger partial charge in [-0.1, -0.05) is 6.92 Å². The van der Waals surface area contributed by atoms with E-state index in [0.29, 0.717) is 19.5 Å². The number of halogens is 5. The summed E-state index contributed by atoms with van der Waals surface area (Å²) in [4.78, 5) is 27.1. The van der Waals surface area contributed by atoms with Crippen LogP contribution in [-0.2, 0) is 9.53 Å². The molecule has 1 amide bonds. The number of hydrogen-bond donors (Lipinski definition) is 1. The number of ether oxygens (including phenoxy) is 1. The Morgan fingerprint density at radius 1 is 1.07 bits per heavy atom. The predicted octanol–water partition coefficient (Wildman–Crippen LogP) is 3.34. The normalized spacial score (nSPS) is 21.6. The number of nitrogens with one attached hydrogen (secondary N) is 1. The summed E-state index contributed by atoms with van der Waals surface area (Å²) in [6.07, 6.45) is 0.599. The van der Waals surface area contributed by atoms with E-state index in [1.807, 2.05) is 6.92 Å². The Kier molecular flexibility index (Phi) is 6.71. The SMILES string of the molecule is CCOC(=O)C1=C(NC(=O)c2c(F)c(F)c(F)c(F)c2F)SC2CN(CC)CCC12. The van der Waals surface area contributed by atoms with Crippen molar-refractivity contribution >= 4 is 23.6 Å². The maximum Gasteiger partial charge on any atom is 0.336 e. The van der Waals surface area contributed by atoms with Gasteiger partial charge in [0, 0.05) is 17.7 Å². The van der Waals surface area contributed by atoms with Gasteiger partial charge in [-0.15, -0.1) is 11.8 Å². The minimum atomic E-state index is -2.35. The van der Waals surface area contributed by atoms with Crippen LogP contribution in [0, 0.1) is 35.0 Å². The van der Waals surface area contributed by atoms with Crippen molar-refractivity contribution < 1.29 is 36.3 Å². The van der Waals surface area contributed by atoms with Crippen LogP contribution in [0.5, 0.6) is 0 Å². The third-order valence-electron chi connectivity index (χ3n) is 5.13. The molecule has 30 heavy (non-hydrogen) atoms. The molecule has 0 spiro atoms. The quantitative estimate of drug-likeness (QED) is 0.323. The van der Waals surface area contributed by atoms with Gasteiger partial charge in [0.15, 0.2) is 23.3 Å². The summed E-state index contributed by atoms with van der Waals surface area (Å²) in [7, 11) is 0. The van der Waals surface area contributed by atoms with Crippen molar-refractivity contribution in [1.29, 1.82) is 0 Å². The molecule has 1 saturated heterocycles. The third-order valence-corrected chi connectivity index (χ3v) is 6.47. The molecule has 3 rings (SSSR count). The van der Waals surface area contributed by atoms with Crippen LogP contribution in [0.2, 0.25) is 0 Å². The molecule has 1 N–H and O–H groups in total. The van der Waals surface area contributed by atoms with E-state index >= 15 is 0 Å². The van der Waals surface area contributed by atoms with E-state index in [1.165, 1.54) is 0 Å². The molecule has 2 atom stereocenters. The monoisotopic (exact) mass is 450 g/mol. The van der Waals surface area contributed by atoms with Gasteiger partial charge >= 0.3 is 5.97 Å². The van der Waals surface area contributed by atoms with Gasteiger partial charge in [0.1, 0.15) is 5.56 Å². The highest BCUT2D eigenvalue weighted by Gasteiger charge is 2.43. The van der Waals surface area contributed by atoms with Crippen LogP contribution in [0.3, 0.4) is 0 Å². The number of nitrogens with zero attached hydrogens (tertiary/aromatic N) is 1. The average molecular weight is 450 g/mol. The van der Waals surface area contributed by atoms with E-state index in [-0.39, 0.29) is 28.4 Å². The van der Waals surface area contributed by atoms with Gasteiger partial charge in [-0.2, -0.15) is 0 Å². The summed E-state index contributed by atoms with van der Waals surface area (Å²) < 4.78 is 73.2. The molecule has 2 aliphatic heterocycles. The molecule has 2 aliphatic rings. The summed E-state index contributed by atoms with van der Waals surface area (Å²) in [5.74, 6) is -13.7. The molecule has 2 heterocycles. The van der Waals surface area contributed by atoms with Crippen LogP contribution in [0.1, 0.15) is 30.6 Å². The number of thioether (sulfide) groups is 1. The Morgan fingerprint density at radius 2 is 1.67 bits per heavy atom. The highest BCUT2D eigenvalue weighted by atomic mass is 32.2. The molecule has 0 aliphatic carbocycles. The van der Waals surface area contributed by atoms with Crippen molar-refractivity contribution in [3.05, 3.63) is 45.3 Å². The maximum absolute atomic E-state index is 14.0. The second kappa shape index (κ2) is 8.93. The van der Waals surface area contributed by atoms with Crippen LogP contribution in [0.4, 0.5) is 22.0 Å². The van der Waals surface area contributed by atoms with Crippen molar-refractivity contribution in [3.8, 4) is 0 Å². The summed E-state index contributed by atoms with van der Waals surface area (Å²) >= 11 is 1.12. The van der Waals surface area contributed by atoms with Crippen molar-refractivity contribution in [3.63, 3.8) is 0 Å². The zero-order valence-corrected chi connectivity index (χ0v) is 17.0. The molecular formula is C19H19F5N2O3S. The number of benzene rings is 1. The van der Waals surface area contributed by atoms with E-state index in [0.717, 1.165) is 18.3 Å². The lowest BCUT2D eigenvalue weighted by molar-refractivity contribution is -0.139. The zero-order chi connectivity index (χ0) is 22.2. The van der Waals surface area contributed by atoms with Gasteiger partial charge in [-0.3, -0.25) is 4.79 Å². The third kappa shape index (κ3) is 3.92. The minimum absolute atomic E-state index is 0.00958. The fraction of sp³-hybridized carbons (Fsp3) is 0.474. The van der Waals surface area contributed by atoms with E-state index < -0.39 is 46.5 Å². The lowest BCUT2D eigenvalue weighted by Crippen LogP contribution is -2.41. The maximum atomic E-state index is 14.0. The molecule has 1 aromatic rings. The second-order valence-corrected chi connectivity index (χ2v) is 8.06. The Labute approximate surface area is 173 Å². The molecule has 1 fully saturated rings. The van der Waals surface area contributed by atoms with E-state index in [1.54, 1.807) is 6.92 Å². The first-order chi connectivity index (χ1) is 14.2. The number of amides is 1. The molecule has 0 radical (unpaired) electrons. The van der Waals surface area contributed by atoms with Crippen molar-refractivity contribution in [2.45, 2.75) is 25.5 Å². The number of likely N-dealkylation sites (tertiary alicyclic amines) is 1. The first kappa shape index (κ1) is 22.5. The number of piperidine rings is 1. The van der Waals surface area contributed by atoms with Gasteiger partial charge in [0.25, 0.3) is 5.91 Å². The summed E-state index contributed by atoms with van der Waals surface area (Å²) in [5, 5.41) is 2.07. The van der Waals surface area contributed by atoms with Crippen LogP contribution in [0.25, 0.3) is 0 Å². The number of esters is 1. The number of carbonyl (C=O) groups is 2. The summed E-state index contributed by atoms with van der Waals surface area (Å²) in [5.41, 5.74) is -1.45. The first-order valence-corrected chi connectivity index (χ1v) is 10.2. The second-order valence-electron chi connectivity index (χ2n) is 6.81. The molecule has 5 nitrogen and oxygen atoms in total. The van der Waals surface area contributed by atoms with E-state index in [2.05, 4.69) is 10.2 Å². The Balaban J connectivity index is 1.96. The Morgan fingerprint density at radius 3 is 2.23 bits per heavy atom. The average Bonchev–Trinajstić information content (AvgIpc) is 3.07. The fourth-order valence-electron chi connectivity index (χ4n) is 3.62. The van der Waals surface area contributed by atoms with Gasteiger partial charge in [-0.05, 0) is 26.4 Å². The van der Waals surface area contributed by atoms with Crippen molar-refractivity contribution in [1.82, 2.24) is 10.2 Å². The zero-order valence-electron chi connectivity index (χ0n) is 16.2. The molecular weight excluding hydrogens is 431 g/mol. The first-order valence-electron chi connectivity index (χ1n) is 9.34. The Bertz CT molecular complexity index is 895. The number of carbonyl (C=O) groups excluding carboxylic acids is 2. The molecule has 1 aromatic carbocycles. The molecule has 0 bridgehead atoms. The highest BCUT2D eigenvalue weighted by Crippen LogP contribution is 2.45. The van der Waals surface area contributed by atoms with Crippen LogP contribution in [-0.4, -0.2) is 48.3 Å². The lowest BCUT2D eigenvalue weighted by Gasteiger charge is -2.34. The van der Waals surface area contributed by atoms with E-state index in [9.17, 15) is 31.5 Å². The molecule has 0 saturated carbocycles. The standard InChI is InChI=1S/C19H19F5N2O3S/c1-3-26-6-5-8-9(7-26)30-18(10(8)19(28)29-4-2)25-17(27)11-12(20)14(22)16(24)15(23)13(11)21/h8-9H,3-7H2,1-2H3,(H,25,27). The fourth-order valence-corrected chi connectivity index (χ4v) is 5.16. The minimum Gasteiger partial charge on any atom is -0.463 e. The van der Waals surface area contributed by atoms with Gasteiger partial charge in [0.2, 0.25) is 5.82 Å². The molecule has 164 valence electrons. The smallest absolute Gasteiger partial charge is 0.336 e. The van der Waals surface area contributed by atoms with Crippen molar-refractivity contribution in [2.24, 2.45) is 5.92 Å². The predicted molar refractivity (Wildman–Crippen MR) is 99.0 cm³/mol. The number of rotatable bonds is 5. The highest BCUT2D eigenvalue weighted by molar-refractivity contribution is 8.04. The summed E-state index contributed by atoms with van der Waals surface area (Å²) in [6, 6.07) is 0. The lowest BCUT2D eigenvalue weighted by atomic mass is 9.89. The Hall–Kier alpha value is -2.14.